The molecule has 0 saturated carbocycles. The molecule has 0 unspecified atom stereocenters. The molecule has 0 saturated heterocycles. The fraction of sp³-hybridized carbons (Fsp3) is 0.333. The molecule has 0 bridgehead atoms. The summed E-state index contributed by atoms with van der Waals surface area (Å²) in [5.74, 6) is 3.30. The van der Waals surface area contributed by atoms with Crippen LogP contribution in [0.3, 0.4) is 0 Å². The molecule has 0 aliphatic rings. The van der Waals surface area contributed by atoms with Crippen LogP contribution in [-0.2, 0) is 4.79 Å². The van der Waals surface area contributed by atoms with Gasteiger partial charge in [0.25, 0.3) is 0 Å². The molecule has 0 aliphatic carbocycles. The number of anilines is 1. The maximum atomic E-state index is 12.2. The lowest BCUT2D eigenvalue weighted by Gasteiger charge is -2.13. The Balaban J connectivity index is 1.73. The predicted molar refractivity (Wildman–Crippen MR) is 108 cm³/mol. The molecule has 1 aromatic carbocycles. The summed E-state index contributed by atoms with van der Waals surface area (Å²) in [6.45, 7) is 7.77. The lowest BCUT2D eigenvalue weighted by Crippen LogP contribution is -2.21. The summed E-state index contributed by atoms with van der Waals surface area (Å²) in [5.41, 5.74) is 0.748. The van der Waals surface area contributed by atoms with E-state index in [-0.39, 0.29) is 11.8 Å². The highest BCUT2D eigenvalue weighted by molar-refractivity contribution is 5.92. The normalized spacial score (nSPS) is 10.9. The first-order valence-corrected chi connectivity index (χ1v) is 9.45. The molecule has 3 rings (SSSR count). The number of imidazole rings is 1. The Hall–Kier alpha value is -3.22. The van der Waals surface area contributed by atoms with Crippen LogP contribution in [0, 0.1) is 19.8 Å². The highest BCUT2D eigenvalue weighted by Crippen LogP contribution is 2.24. The second-order valence-electron chi connectivity index (χ2n) is 6.59. The standard InChI is InChI=1S/C21H25N5O2/c1-5-16(6-2)21(27)25-17-7-9-18(10-8-17)28-20-13-19(23-14(3)24-20)26-12-11-22-15(26)4/h7-13,16H,5-6H2,1-4H3,(H,25,27). The van der Waals surface area contributed by atoms with Crippen LogP contribution in [0.5, 0.6) is 11.6 Å². The van der Waals surface area contributed by atoms with Crippen molar-refractivity contribution in [2.45, 2.75) is 40.5 Å². The maximum Gasteiger partial charge on any atom is 0.227 e. The van der Waals surface area contributed by atoms with Crippen molar-refractivity contribution in [2.75, 3.05) is 5.32 Å². The van der Waals surface area contributed by atoms with Crippen LogP contribution < -0.4 is 10.1 Å². The summed E-state index contributed by atoms with van der Waals surface area (Å²) in [6.07, 6.45) is 5.23. The number of rotatable bonds is 7. The number of nitrogens with one attached hydrogen (secondary N) is 1. The number of aromatic nitrogens is 4. The maximum absolute atomic E-state index is 12.2. The average molecular weight is 379 g/mol. The molecule has 1 amide bonds. The smallest absolute Gasteiger partial charge is 0.227 e. The summed E-state index contributed by atoms with van der Waals surface area (Å²) in [6, 6.07) is 9.03. The molecule has 0 spiro atoms. The van der Waals surface area contributed by atoms with Gasteiger partial charge in [0.1, 0.15) is 23.2 Å². The Morgan fingerprint density at radius 1 is 1.14 bits per heavy atom. The van der Waals surface area contributed by atoms with E-state index in [1.54, 1.807) is 12.3 Å². The molecule has 0 fully saturated rings. The van der Waals surface area contributed by atoms with Crippen molar-refractivity contribution in [2.24, 2.45) is 5.92 Å². The van der Waals surface area contributed by atoms with Gasteiger partial charge >= 0.3 is 0 Å². The third-order valence-corrected chi connectivity index (χ3v) is 4.57. The van der Waals surface area contributed by atoms with Gasteiger partial charge in [-0.05, 0) is 51.0 Å². The molecular weight excluding hydrogens is 354 g/mol. The number of nitrogens with zero attached hydrogens (tertiary/aromatic N) is 4. The lowest BCUT2D eigenvalue weighted by molar-refractivity contribution is -0.120. The summed E-state index contributed by atoms with van der Waals surface area (Å²) < 4.78 is 7.76. The van der Waals surface area contributed by atoms with Crippen LogP contribution >= 0.6 is 0 Å². The molecule has 7 nitrogen and oxygen atoms in total. The van der Waals surface area contributed by atoms with Gasteiger partial charge in [-0.1, -0.05) is 13.8 Å². The van der Waals surface area contributed by atoms with E-state index in [9.17, 15) is 4.79 Å². The zero-order valence-corrected chi connectivity index (χ0v) is 16.6. The number of ether oxygens (including phenoxy) is 1. The van der Waals surface area contributed by atoms with E-state index in [1.807, 2.05) is 62.7 Å². The molecule has 0 atom stereocenters. The van der Waals surface area contributed by atoms with E-state index in [2.05, 4.69) is 20.3 Å². The minimum atomic E-state index is 0.0324. The van der Waals surface area contributed by atoms with Gasteiger partial charge < -0.3 is 10.1 Å². The fourth-order valence-corrected chi connectivity index (χ4v) is 2.95. The Kier molecular flexibility index (Phi) is 6.03. The van der Waals surface area contributed by atoms with Gasteiger partial charge in [-0.25, -0.2) is 9.97 Å². The van der Waals surface area contributed by atoms with Crippen LogP contribution in [0.15, 0.2) is 42.7 Å². The van der Waals surface area contributed by atoms with E-state index < -0.39 is 0 Å². The van der Waals surface area contributed by atoms with Gasteiger partial charge in [0.2, 0.25) is 11.8 Å². The molecule has 2 aromatic heterocycles. The van der Waals surface area contributed by atoms with Gasteiger partial charge in [-0.2, -0.15) is 4.98 Å². The summed E-state index contributed by atoms with van der Waals surface area (Å²) in [7, 11) is 0. The third kappa shape index (κ3) is 4.54. The van der Waals surface area contributed by atoms with Crippen molar-refractivity contribution in [3.8, 4) is 17.4 Å². The predicted octanol–water partition coefficient (Wildman–Crippen LogP) is 4.45. The fourth-order valence-electron chi connectivity index (χ4n) is 2.95. The van der Waals surface area contributed by atoms with E-state index in [0.717, 1.165) is 24.4 Å². The minimum absolute atomic E-state index is 0.0324. The molecule has 0 aliphatic heterocycles. The van der Waals surface area contributed by atoms with Crippen molar-refractivity contribution in [1.29, 1.82) is 0 Å². The van der Waals surface area contributed by atoms with E-state index in [4.69, 9.17) is 4.74 Å². The number of benzene rings is 1. The summed E-state index contributed by atoms with van der Waals surface area (Å²) >= 11 is 0. The van der Waals surface area contributed by atoms with Gasteiger partial charge in [0.15, 0.2) is 0 Å². The number of carbonyl (C=O) groups excluding carboxylic acids is 1. The molecule has 2 heterocycles. The Morgan fingerprint density at radius 2 is 1.86 bits per heavy atom. The monoisotopic (exact) mass is 379 g/mol. The second-order valence-corrected chi connectivity index (χ2v) is 6.59. The molecule has 146 valence electrons. The van der Waals surface area contributed by atoms with Gasteiger partial charge in [-0.15, -0.1) is 0 Å². The van der Waals surface area contributed by atoms with Crippen LogP contribution in [0.2, 0.25) is 0 Å². The van der Waals surface area contributed by atoms with Gasteiger partial charge in [0, 0.05) is 30.1 Å². The van der Waals surface area contributed by atoms with Gasteiger partial charge in [0.05, 0.1) is 0 Å². The van der Waals surface area contributed by atoms with Crippen LogP contribution in [0.25, 0.3) is 5.82 Å². The molecule has 3 aromatic rings. The second kappa shape index (κ2) is 8.65. The highest BCUT2D eigenvalue weighted by Gasteiger charge is 2.14. The SMILES string of the molecule is CCC(CC)C(=O)Nc1ccc(Oc2cc(-n3ccnc3C)nc(C)n2)cc1. The average Bonchev–Trinajstić information content (AvgIpc) is 3.10. The largest absolute Gasteiger partial charge is 0.439 e. The van der Waals surface area contributed by atoms with E-state index in [0.29, 0.717) is 23.3 Å². The quantitative estimate of drug-likeness (QED) is 0.656. The highest BCUT2D eigenvalue weighted by atomic mass is 16.5. The van der Waals surface area contributed by atoms with Crippen molar-refractivity contribution >= 4 is 11.6 Å². The molecule has 28 heavy (non-hydrogen) atoms. The first-order valence-electron chi connectivity index (χ1n) is 9.45. The van der Waals surface area contributed by atoms with Crippen LogP contribution in [-0.4, -0.2) is 25.4 Å². The van der Waals surface area contributed by atoms with Crippen LogP contribution in [0.1, 0.15) is 38.3 Å². The topological polar surface area (TPSA) is 81.9 Å². The molecular formula is C21H25N5O2. The first kappa shape index (κ1) is 19.5. The molecule has 1 N–H and O–H groups in total. The summed E-state index contributed by atoms with van der Waals surface area (Å²) in [4.78, 5) is 25.2. The van der Waals surface area contributed by atoms with Gasteiger partial charge in [-0.3, -0.25) is 9.36 Å². The third-order valence-electron chi connectivity index (χ3n) is 4.57. The van der Waals surface area contributed by atoms with Crippen molar-refractivity contribution in [3.05, 3.63) is 54.4 Å². The number of hydrogen-bond acceptors (Lipinski definition) is 5. The molecule has 7 heteroatoms. The van der Waals surface area contributed by atoms with Crippen molar-refractivity contribution < 1.29 is 9.53 Å². The number of hydrogen-bond donors (Lipinski definition) is 1. The minimum Gasteiger partial charge on any atom is -0.439 e. The zero-order chi connectivity index (χ0) is 20.1. The number of aryl methyl sites for hydroxylation is 2. The Morgan fingerprint density at radius 3 is 2.46 bits per heavy atom. The summed E-state index contributed by atoms with van der Waals surface area (Å²) in [5, 5.41) is 2.95. The lowest BCUT2D eigenvalue weighted by atomic mass is 10.0. The number of amides is 1. The zero-order valence-electron chi connectivity index (χ0n) is 16.6. The van der Waals surface area contributed by atoms with E-state index >= 15 is 0 Å². The molecule has 0 radical (unpaired) electrons. The Labute approximate surface area is 164 Å². The number of carbonyl (C=O) groups is 1. The van der Waals surface area contributed by atoms with Crippen molar-refractivity contribution in [3.63, 3.8) is 0 Å². The van der Waals surface area contributed by atoms with E-state index in [1.165, 1.54) is 0 Å². The van der Waals surface area contributed by atoms with Crippen LogP contribution in [0.4, 0.5) is 5.69 Å². The Bertz CT molecular complexity index is 946. The first-order chi connectivity index (χ1) is 13.5. The van der Waals surface area contributed by atoms with Crippen molar-refractivity contribution in [1.82, 2.24) is 19.5 Å².